The number of hydrogen-bond acceptors (Lipinski definition) is 3. The molecule has 146 valence electrons. The van der Waals surface area contributed by atoms with Gasteiger partial charge in [-0.1, -0.05) is 6.07 Å². The average molecular weight is 382 g/mol. The van der Waals surface area contributed by atoms with E-state index in [9.17, 15) is 14.0 Å². The zero-order valence-electron chi connectivity index (χ0n) is 15.8. The number of benzene rings is 1. The van der Waals surface area contributed by atoms with E-state index in [1.807, 2.05) is 18.2 Å². The molecule has 28 heavy (non-hydrogen) atoms. The lowest BCUT2D eigenvalue weighted by Gasteiger charge is -2.20. The van der Waals surface area contributed by atoms with Gasteiger partial charge in [-0.25, -0.2) is 9.18 Å². The number of hydrogen-bond donors (Lipinski definition) is 1. The minimum Gasteiger partial charge on any atom is -0.340 e. The van der Waals surface area contributed by atoms with Crippen molar-refractivity contribution in [3.63, 3.8) is 0 Å². The molecule has 0 radical (unpaired) electrons. The first-order valence-corrected chi connectivity index (χ1v) is 9.43. The molecular weight excluding hydrogens is 359 g/mol. The molecule has 3 amide bonds. The predicted molar refractivity (Wildman–Crippen MR) is 103 cm³/mol. The van der Waals surface area contributed by atoms with Gasteiger partial charge in [0.05, 0.1) is 12.2 Å². The first-order valence-electron chi connectivity index (χ1n) is 9.43. The van der Waals surface area contributed by atoms with Gasteiger partial charge in [-0.05, 0) is 49.2 Å². The predicted octanol–water partition coefficient (Wildman–Crippen LogP) is 3.12. The molecule has 0 bridgehead atoms. The van der Waals surface area contributed by atoms with Crippen molar-refractivity contribution < 1.29 is 14.0 Å². The maximum absolute atomic E-state index is 13.0. The number of pyridine rings is 1. The summed E-state index contributed by atoms with van der Waals surface area (Å²) in [5, 5.41) is 2.79. The number of rotatable bonds is 4. The average Bonchev–Trinajstić information content (AvgIpc) is 3.22. The molecule has 0 unspecified atom stereocenters. The fraction of sp³-hybridized carbons (Fsp3) is 0.381. The van der Waals surface area contributed by atoms with Crippen LogP contribution in [0.1, 0.15) is 18.5 Å². The molecule has 7 heteroatoms. The Balaban J connectivity index is 1.32. The Hall–Kier alpha value is -2.96. The maximum Gasteiger partial charge on any atom is 0.321 e. The van der Waals surface area contributed by atoms with Crippen LogP contribution < -0.4 is 5.32 Å². The molecule has 2 heterocycles. The molecule has 1 aliphatic carbocycles. The highest BCUT2D eigenvalue weighted by Gasteiger charge is 2.61. The Morgan fingerprint density at radius 2 is 2.07 bits per heavy atom. The fourth-order valence-electron chi connectivity index (χ4n) is 4.03. The van der Waals surface area contributed by atoms with E-state index in [-0.39, 0.29) is 29.1 Å². The Bertz CT molecular complexity index is 874. The largest absolute Gasteiger partial charge is 0.340 e. The number of halogens is 1. The maximum atomic E-state index is 13.0. The number of likely N-dealkylation sites (tertiary alicyclic amines) is 1. The molecule has 1 saturated carbocycles. The van der Waals surface area contributed by atoms with Crippen LogP contribution in [0.4, 0.5) is 14.9 Å². The van der Waals surface area contributed by atoms with Gasteiger partial charge in [0.1, 0.15) is 5.82 Å². The van der Waals surface area contributed by atoms with Crippen molar-refractivity contribution in [3.8, 4) is 0 Å². The van der Waals surface area contributed by atoms with Gasteiger partial charge in [0, 0.05) is 43.4 Å². The molecular formula is C21H23FN4O2. The van der Waals surface area contributed by atoms with Crippen molar-refractivity contribution >= 4 is 17.6 Å². The third-order valence-corrected chi connectivity index (χ3v) is 5.76. The summed E-state index contributed by atoms with van der Waals surface area (Å²) in [6, 6.07) is 11.2. The molecule has 1 saturated heterocycles. The Morgan fingerprint density at radius 1 is 1.29 bits per heavy atom. The van der Waals surface area contributed by atoms with Crippen LogP contribution in [0.2, 0.25) is 0 Å². The van der Waals surface area contributed by atoms with Gasteiger partial charge in [0.2, 0.25) is 5.91 Å². The minimum atomic E-state index is -0.340. The fourth-order valence-corrected chi connectivity index (χ4v) is 4.03. The molecule has 2 fully saturated rings. The summed E-state index contributed by atoms with van der Waals surface area (Å²) < 4.78 is 13.0. The van der Waals surface area contributed by atoms with Crippen molar-refractivity contribution in [1.29, 1.82) is 0 Å². The SMILES string of the molecule is CN(Cc1ccccn1)C(=O)[C@@H]1C[C@]12CCN(C(=O)Nc1ccc(F)cc1)C2. The topological polar surface area (TPSA) is 65.5 Å². The first-order chi connectivity index (χ1) is 13.5. The molecule has 1 aromatic heterocycles. The summed E-state index contributed by atoms with van der Waals surface area (Å²) >= 11 is 0. The monoisotopic (exact) mass is 382 g/mol. The molecule has 1 spiro atoms. The number of urea groups is 1. The molecule has 6 nitrogen and oxygen atoms in total. The van der Waals surface area contributed by atoms with Crippen LogP contribution in [0.3, 0.4) is 0 Å². The highest BCUT2D eigenvalue weighted by molar-refractivity contribution is 5.90. The minimum absolute atomic E-state index is 0.0372. The standard InChI is InChI=1S/C21H23FN4O2/c1-25(13-17-4-2-3-10-23-17)19(27)18-12-21(18)9-11-26(14-21)20(28)24-16-7-5-15(22)6-8-16/h2-8,10,18H,9,11-14H2,1H3,(H,24,28)/t18-,21-/m0/s1. The molecule has 2 aromatic rings. The summed E-state index contributed by atoms with van der Waals surface area (Å²) in [5.41, 5.74) is 1.32. The summed E-state index contributed by atoms with van der Waals surface area (Å²) in [4.78, 5) is 33.0. The molecule has 2 atom stereocenters. The van der Waals surface area contributed by atoms with Gasteiger partial charge < -0.3 is 15.1 Å². The van der Waals surface area contributed by atoms with Gasteiger partial charge in [0.15, 0.2) is 0 Å². The van der Waals surface area contributed by atoms with E-state index >= 15 is 0 Å². The zero-order chi connectivity index (χ0) is 19.7. The van der Waals surface area contributed by atoms with E-state index < -0.39 is 0 Å². The molecule has 4 rings (SSSR count). The van der Waals surface area contributed by atoms with Gasteiger partial charge in [0.25, 0.3) is 0 Å². The van der Waals surface area contributed by atoms with Crippen molar-refractivity contribution in [1.82, 2.24) is 14.8 Å². The van der Waals surface area contributed by atoms with Crippen LogP contribution in [-0.4, -0.2) is 46.9 Å². The Kier molecular flexibility index (Phi) is 4.75. The van der Waals surface area contributed by atoms with E-state index in [0.29, 0.717) is 25.3 Å². The third-order valence-electron chi connectivity index (χ3n) is 5.76. The second-order valence-corrected chi connectivity index (χ2v) is 7.74. The molecule has 2 aliphatic rings. The lowest BCUT2D eigenvalue weighted by Crippen LogP contribution is -2.34. The van der Waals surface area contributed by atoms with Crippen LogP contribution in [0.15, 0.2) is 48.7 Å². The zero-order valence-corrected chi connectivity index (χ0v) is 15.8. The van der Waals surface area contributed by atoms with E-state index in [1.54, 1.807) is 23.0 Å². The lowest BCUT2D eigenvalue weighted by atomic mass is 10.0. The first kappa shape index (κ1) is 18.4. The van der Waals surface area contributed by atoms with E-state index in [0.717, 1.165) is 18.5 Å². The quantitative estimate of drug-likeness (QED) is 0.884. The normalized spacial score (nSPS) is 22.9. The van der Waals surface area contributed by atoms with Crippen molar-refractivity contribution in [2.45, 2.75) is 19.4 Å². The second kappa shape index (κ2) is 7.22. The van der Waals surface area contributed by atoms with Crippen LogP contribution in [0.5, 0.6) is 0 Å². The highest BCUT2D eigenvalue weighted by Crippen LogP contribution is 2.59. The Labute approximate surface area is 163 Å². The van der Waals surface area contributed by atoms with Crippen LogP contribution in [0.25, 0.3) is 0 Å². The van der Waals surface area contributed by atoms with Gasteiger partial charge in [-0.15, -0.1) is 0 Å². The van der Waals surface area contributed by atoms with E-state index in [1.165, 1.54) is 24.3 Å². The molecule has 1 aliphatic heterocycles. The van der Waals surface area contributed by atoms with Crippen molar-refractivity contribution in [3.05, 3.63) is 60.2 Å². The smallest absolute Gasteiger partial charge is 0.321 e. The van der Waals surface area contributed by atoms with Crippen molar-refractivity contribution in [2.24, 2.45) is 11.3 Å². The number of anilines is 1. The highest BCUT2D eigenvalue weighted by atomic mass is 19.1. The summed E-state index contributed by atoms with van der Waals surface area (Å²) in [6.07, 6.45) is 3.37. The summed E-state index contributed by atoms with van der Waals surface area (Å²) in [6.45, 7) is 1.69. The molecule has 1 aromatic carbocycles. The number of carbonyl (C=O) groups is 2. The van der Waals surface area contributed by atoms with E-state index in [2.05, 4.69) is 10.3 Å². The van der Waals surface area contributed by atoms with Crippen LogP contribution >= 0.6 is 0 Å². The second-order valence-electron chi connectivity index (χ2n) is 7.74. The number of aromatic nitrogens is 1. The van der Waals surface area contributed by atoms with Gasteiger partial charge >= 0.3 is 6.03 Å². The van der Waals surface area contributed by atoms with Crippen LogP contribution in [0, 0.1) is 17.2 Å². The third kappa shape index (κ3) is 3.69. The van der Waals surface area contributed by atoms with Gasteiger partial charge in [-0.3, -0.25) is 9.78 Å². The summed E-state index contributed by atoms with van der Waals surface area (Å²) in [7, 11) is 1.80. The molecule has 1 N–H and O–H groups in total. The Morgan fingerprint density at radius 3 is 2.79 bits per heavy atom. The van der Waals surface area contributed by atoms with Crippen molar-refractivity contribution in [2.75, 3.05) is 25.5 Å². The number of amides is 3. The van der Waals surface area contributed by atoms with E-state index in [4.69, 9.17) is 0 Å². The van der Waals surface area contributed by atoms with Gasteiger partial charge in [-0.2, -0.15) is 0 Å². The van der Waals surface area contributed by atoms with Crippen LogP contribution in [-0.2, 0) is 11.3 Å². The lowest BCUT2D eigenvalue weighted by molar-refractivity contribution is -0.132. The number of nitrogens with zero attached hydrogens (tertiary/aromatic N) is 3. The summed E-state index contributed by atoms with van der Waals surface area (Å²) in [5.74, 6) is -0.261. The number of carbonyl (C=O) groups excluding carboxylic acids is 2. The number of nitrogens with one attached hydrogen (secondary N) is 1.